The van der Waals surface area contributed by atoms with Crippen molar-refractivity contribution in [3.8, 4) is 5.75 Å². The van der Waals surface area contributed by atoms with Crippen molar-refractivity contribution in [2.75, 3.05) is 20.2 Å². The SMILES string of the molecule is COc1ccc(CN2CCC(C(C)N)C2)cc1F.Cl. The molecule has 0 saturated carbocycles. The van der Waals surface area contributed by atoms with Crippen molar-refractivity contribution in [3.63, 3.8) is 0 Å². The summed E-state index contributed by atoms with van der Waals surface area (Å²) in [4.78, 5) is 2.33. The molecule has 0 amide bonds. The zero-order valence-corrected chi connectivity index (χ0v) is 12.3. The van der Waals surface area contributed by atoms with Crippen LogP contribution in [0.2, 0.25) is 0 Å². The standard InChI is InChI=1S/C14H21FN2O.ClH/c1-10(16)12-5-6-17(9-12)8-11-3-4-14(18-2)13(15)7-11;/h3-4,7,10,12H,5-6,8-9,16H2,1-2H3;1H. The maximum Gasteiger partial charge on any atom is 0.165 e. The number of benzene rings is 1. The van der Waals surface area contributed by atoms with Gasteiger partial charge in [0.05, 0.1) is 7.11 Å². The Morgan fingerprint density at radius 2 is 2.26 bits per heavy atom. The van der Waals surface area contributed by atoms with E-state index in [2.05, 4.69) is 11.8 Å². The quantitative estimate of drug-likeness (QED) is 0.925. The Kier molecular flexibility index (Phi) is 6.04. The van der Waals surface area contributed by atoms with Crippen molar-refractivity contribution < 1.29 is 9.13 Å². The monoisotopic (exact) mass is 288 g/mol. The number of hydrogen-bond donors (Lipinski definition) is 1. The molecule has 0 bridgehead atoms. The topological polar surface area (TPSA) is 38.5 Å². The van der Waals surface area contributed by atoms with Gasteiger partial charge in [0.2, 0.25) is 0 Å². The molecule has 1 aliphatic rings. The second-order valence-corrected chi connectivity index (χ2v) is 5.11. The predicted octanol–water partition coefficient (Wildman–Crippen LogP) is 2.43. The van der Waals surface area contributed by atoms with Gasteiger partial charge >= 0.3 is 0 Å². The summed E-state index contributed by atoms with van der Waals surface area (Å²) in [6, 6.07) is 5.39. The fraction of sp³-hybridized carbons (Fsp3) is 0.571. The first-order valence-electron chi connectivity index (χ1n) is 6.40. The van der Waals surface area contributed by atoms with Crippen molar-refractivity contribution in [3.05, 3.63) is 29.6 Å². The second kappa shape index (κ2) is 7.08. The van der Waals surface area contributed by atoms with Crippen LogP contribution in [0, 0.1) is 11.7 Å². The molecule has 1 aromatic rings. The van der Waals surface area contributed by atoms with Gasteiger partial charge in [0.25, 0.3) is 0 Å². The van der Waals surface area contributed by atoms with E-state index in [1.165, 1.54) is 7.11 Å². The lowest BCUT2D eigenvalue weighted by Gasteiger charge is -2.18. The van der Waals surface area contributed by atoms with Gasteiger partial charge in [-0.3, -0.25) is 4.90 Å². The first-order chi connectivity index (χ1) is 8.60. The summed E-state index contributed by atoms with van der Waals surface area (Å²) in [5.41, 5.74) is 6.90. The van der Waals surface area contributed by atoms with E-state index in [0.717, 1.165) is 31.6 Å². The molecule has 3 nitrogen and oxygen atoms in total. The Labute approximate surface area is 120 Å². The van der Waals surface area contributed by atoms with Crippen LogP contribution in [-0.2, 0) is 6.54 Å². The van der Waals surface area contributed by atoms with Crippen LogP contribution in [0.15, 0.2) is 18.2 Å². The van der Waals surface area contributed by atoms with Gasteiger partial charge in [-0.2, -0.15) is 0 Å². The summed E-state index contributed by atoms with van der Waals surface area (Å²) >= 11 is 0. The Morgan fingerprint density at radius 1 is 1.53 bits per heavy atom. The second-order valence-electron chi connectivity index (χ2n) is 5.11. The highest BCUT2D eigenvalue weighted by atomic mass is 35.5. The number of ether oxygens (including phenoxy) is 1. The van der Waals surface area contributed by atoms with Crippen LogP contribution in [0.1, 0.15) is 18.9 Å². The number of likely N-dealkylation sites (tertiary alicyclic amines) is 1. The molecule has 1 saturated heterocycles. The van der Waals surface area contributed by atoms with Gasteiger partial charge < -0.3 is 10.5 Å². The van der Waals surface area contributed by atoms with Crippen molar-refractivity contribution >= 4 is 12.4 Å². The lowest BCUT2D eigenvalue weighted by Crippen LogP contribution is -2.29. The van der Waals surface area contributed by atoms with Crippen LogP contribution in [0.25, 0.3) is 0 Å². The number of nitrogens with zero attached hydrogens (tertiary/aromatic N) is 1. The van der Waals surface area contributed by atoms with Gasteiger partial charge in [0, 0.05) is 19.1 Å². The van der Waals surface area contributed by atoms with Crippen molar-refractivity contribution in [1.82, 2.24) is 4.90 Å². The summed E-state index contributed by atoms with van der Waals surface area (Å²) in [7, 11) is 1.48. The molecule has 1 aromatic carbocycles. The number of rotatable bonds is 4. The van der Waals surface area contributed by atoms with Gasteiger partial charge in [-0.15, -0.1) is 12.4 Å². The Bertz CT molecular complexity index is 414. The molecule has 0 aromatic heterocycles. The van der Waals surface area contributed by atoms with E-state index in [1.807, 2.05) is 6.07 Å². The molecule has 19 heavy (non-hydrogen) atoms. The van der Waals surface area contributed by atoms with Crippen LogP contribution in [0.5, 0.6) is 5.75 Å². The van der Waals surface area contributed by atoms with E-state index >= 15 is 0 Å². The van der Waals surface area contributed by atoms with Gasteiger partial charge in [-0.1, -0.05) is 6.07 Å². The van der Waals surface area contributed by atoms with E-state index in [1.54, 1.807) is 12.1 Å². The van der Waals surface area contributed by atoms with Gasteiger partial charge in [-0.05, 0) is 43.5 Å². The van der Waals surface area contributed by atoms with Gasteiger partial charge in [-0.25, -0.2) is 4.39 Å². The summed E-state index contributed by atoms with van der Waals surface area (Å²) in [6.45, 7) is 4.89. The molecule has 1 aliphatic heterocycles. The Morgan fingerprint density at radius 3 is 2.79 bits per heavy atom. The van der Waals surface area contributed by atoms with Crippen LogP contribution in [0.3, 0.4) is 0 Å². The van der Waals surface area contributed by atoms with Crippen molar-refractivity contribution in [1.29, 1.82) is 0 Å². The van der Waals surface area contributed by atoms with E-state index in [4.69, 9.17) is 10.5 Å². The van der Waals surface area contributed by atoms with Crippen molar-refractivity contribution in [2.45, 2.75) is 25.9 Å². The first-order valence-corrected chi connectivity index (χ1v) is 6.40. The molecule has 1 fully saturated rings. The zero-order valence-electron chi connectivity index (χ0n) is 11.4. The fourth-order valence-corrected chi connectivity index (χ4v) is 2.50. The average Bonchev–Trinajstić information content (AvgIpc) is 2.78. The summed E-state index contributed by atoms with van der Waals surface area (Å²) in [5.74, 6) is 0.569. The molecular formula is C14H22ClFN2O. The number of nitrogens with two attached hydrogens (primary N) is 1. The number of halogens is 2. The highest BCUT2D eigenvalue weighted by Crippen LogP contribution is 2.23. The highest BCUT2D eigenvalue weighted by Gasteiger charge is 2.25. The predicted molar refractivity (Wildman–Crippen MR) is 77.2 cm³/mol. The van der Waals surface area contributed by atoms with Crippen LogP contribution >= 0.6 is 12.4 Å². The maximum absolute atomic E-state index is 13.6. The van der Waals surface area contributed by atoms with E-state index < -0.39 is 0 Å². The lowest BCUT2D eigenvalue weighted by molar-refractivity contribution is 0.307. The van der Waals surface area contributed by atoms with E-state index in [0.29, 0.717) is 11.7 Å². The van der Waals surface area contributed by atoms with Gasteiger partial charge in [0.15, 0.2) is 11.6 Å². The third kappa shape index (κ3) is 4.06. The fourth-order valence-electron chi connectivity index (χ4n) is 2.50. The number of methoxy groups -OCH3 is 1. The normalized spacial score (nSPS) is 20.9. The van der Waals surface area contributed by atoms with Crippen LogP contribution < -0.4 is 10.5 Å². The third-order valence-corrected chi connectivity index (χ3v) is 3.67. The van der Waals surface area contributed by atoms with Crippen LogP contribution in [-0.4, -0.2) is 31.1 Å². The minimum absolute atomic E-state index is 0. The Balaban J connectivity index is 0.00000180. The molecule has 2 atom stereocenters. The summed E-state index contributed by atoms with van der Waals surface area (Å²) in [6.07, 6.45) is 1.14. The smallest absolute Gasteiger partial charge is 0.165 e. The molecule has 5 heteroatoms. The largest absolute Gasteiger partial charge is 0.494 e. The number of hydrogen-bond acceptors (Lipinski definition) is 3. The minimum Gasteiger partial charge on any atom is -0.494 e. The molecule has 2 unspecified atom stereocenters. The third-order valence-electron chi connectivity index (χ3n) is 3.67. The zero-order chi connectivity index (χ0) is 13.1. The molecule has 1 heterocycles. The first kappa shape index (κ1) is 16.2. The van der Waals surface area contributed by atoms with E-state index in [9.17, 15) is 4.39 Å². The molecule has 0 radical (unpaired) electrons. The Hall–Kier alpha value is -0.840. The maximum atomic E-state index is 13.6. The lowest BCUT2D eigenvalue weighted by atomic mass is 10.0. The molecule has 0 aliphatic carbocycles. The average molecular weight is 289 g/mol. The highest BCUT2D eigenvalue weighted by molar-refractivity contribution is 5.85. The molecule has 108 valence electrons. The summed E-state index contributed by atoms with van der Waals surface area (Å²) < 4.78 is 18.5. The van der Waals surface area contributed by atoms with Crippen LogP contribution in [0.4, 0.5) is 4.39 Å². The minimum atomic E-state index is -0.294. The van der Waals surface area contributed by atoms with E-state index in [-0.39, 0.29) is 24.3 Å². The molecule has 0 spiro atoms. The summed E-state index contributed by atoms with van der Waals surface area (Å²) in [5, 5.41) is 0. The molecule has 2 rings (SSSR count). The molecule has 2 N–H and O–H groups in total. The molecular weight excluding hydrogens is 267 g/mol. The van der Waals surface area contributed by atoms with Gasteiger partial charge in [0.1, 0.15) is 0 Å². The van der Waals surface area contributed by atoms with Crippen molar-refractivity contribution in [2.24, 2.45) is 11.7 Å².